The third kappa shape index (κ3) is 4.09. The first-order valence-corrected chi connectivity index (χ1v) is 10.5. The zero-order chi connectivity index (χ0) is 20.4. The van der Waals surface area contributed by atoms with Crippen molar-refractivity contribution in [2.24, 2.45) is 0 Å². The smallest absolute Gasteiger partial charge is 0.319 e. The van der Waals surface area contributed by atoms with Crippen molar-refractivity contribution in [3.05, 3.63) is 52.1 Å². The van der Waals surface area contributed by atoms with Crippen LogP contribution in [-0.4, -0.2) is 70.1 Å². The van der Waals surface area contributed by atoms with Crippen molar-refractivity contribution < 1.29 is 9.59 Å². The van der Waals surface area contributed by atoms with E-state index < -0.39 is 0 Å². The molecule has 1 N–H and O–H groups in total. The molecular weight excluding hydrogens is 388 g/mol. The van der Waals surface area contributed by atoms with Crippen molar-refractivity contribution >= 4 is 28.9 Å². The summed E-state index contributed by atoms with van der Waals surface area (Å²) < 4.78 is 1.88. The number of carbonyl (C=O) groups is 2. The molecule has 3 amide bonds. The van der Waals surface area contributed by atoms with Crippen molar-refractivity contribution in [1.29, 1.82) is 0 Å². The Kier molecular flexibility index (Phi) is 5.48. The first-order valence-electron chi connectivity index (χ1n) is 9.64. The third-order valence-electron chi connectivity index (χ3n) is 5.13. The molecule has 0 aromatic carbocycles. The maximum Gasteiger partial charge on any atom is 0.319 e. The lowest BCUT2D eigenvalue weighted by atomic mass is 10.1. The zero-order valence-electron chi connectivity index (χ0n) is 16.5. The van der Waals surface area contributed by atoms with Crippen LogP contribution in [0.15, 0.2) is 35.8 Å². The molecule has 1 unspecified atom stereocenters. The van der Waals surface area contributed by atoms with Crippen LogP contribution in [-0.2, 0) is 6.42 Å². The summed E-state index contributed by atoms with van der Waals surface area (Å²) in [6, 6.07) is 7.66. The molecule has 3 aromatic heterocycles. The molecule has 1 aliphatic rings. The van der Waals surface area contributed by atoms with Crippen LogP contribution in [0.3, 0.4) is 0 Å². The number of aromatic nitrogens is 3. The average Bonchev–Trinajstić information content (AvgIpc) is 3.46. The molecule has 0 saturated carbocycles. The Morgan fingerprint density at radius 1 is 1.28 bits per heavy atom. The largest absolute Gasteiger partial charge is 0.352 e. The molecule has 4 rings (SSSR count). The minimum atomic E-state index is -0.112. The lowest BCUT2D eigenvalue weighted by Gasteiger charge is -2.21. The number of carbonyl (C=O) groups excluding carboxylic acids is 2. The highest BCUT2D eigenvalue weighted by Crippen LogP contribution is 2.27. The summed E-state index contributed by atoms with van der Waals surface area (Å²) in [6.07, 6.45) is 3.44. The van der Waals surface area contributed by atoms with Crippen LogP contribution < -0.4 is 5.32 Å². The minimum absolute atomic E-state index is 0.00660. The molecule has 8 nitrogen and oxygen atoms in total. The number of nitrogens with one attached hydrogen (secondary N) is 1. The second-order valence-corrected chi connectivity index (χ2v) is 8.43. The average molecular weight is 413 g/mol. The van der Waals surface area contributed by atoms with Gasteiger partial charge in [0.05, 0.1) is 5.56 Å². The Balaban J connectivity index is 1.46. The molecule has 152 valence electrons. The molecule has 0 spiro atoms. The summed E-state index contributed by atoms with van der Waals surface area (Å²) in [4.78, 5) is 29.4. The van der Waals surface area contributed by atoms with Gasteiger partial charge in [-0.1, -0.05) is 6.07 Å². The van der Waals surface area contributed by atoms with Gasteiger partial charge in [-0.25, -0.2) is 4.79 Å². The first kappa shape index (κ1) is 19.4. The van der Waals surface area contributed by atoms with Crippen LogP contribution in [0.1, 0.15) is 33.4 Å². The van der Waals surface area contributed by atoms with E-state index in [1.54, 1.807) is 42.6 Å². The molecule has 0 bridgehead atoms. The van der Waals surface area contributed by atoms with Crippen molar-refractivity contribution in [1.82, 2.24) is 29.7 Å². The number of urea groups is 1. The van der Waals surface area contributed by atoms with Crippen LogP contribution in [0, 0.1) is 0 Å². The van der Waals surface area contributed by atoms with Gasteiger partial charge in [0.15, 0.2) is 5.65 Å². The number of likely N-dealkylation sites (tertiary alicyclic amines) is 1. The molecule has 0 aliphatic carbocycles. The molecule has 1 fully saturated rings. The van der Waals surface area contributed by atoms with Gasteiger partial charge in [-0.15, -0.1) is 21.5 Å². The van der Waals surface area contributed by atoms with Gasteiger partial charge in [-0.2, -0.15) is 0 Å². The number of hydrogen-bond acceptors (Lipinski definition) is 5. The molecule has 4 heterocycles. The van der Waals surface area contributed by atoms with Crippen molar-refractivity contribution in [2.45, 2.75) is 18.8 Å². The summed E-state index contributed by atoms with van der Waals surface area (Å²) >= 11 is 1.69. The van der Waals surface area contributed by atoms with Crippen molar-refractivity contribution in [3.8, 4) is 0 Å². The predicted octanol–water partition coefficient (Wildman–Crippen LogP) is 2.23. The molecular formula is C20H24N6O2S. The van der Waals surface area contributed by atoms with Gasteiger partial charge in [0, 0.05) is 50.7 Å². The minimum Gasteiger partial charge on any atom is -0.352 e. The number of thiophene rings is 1. The Morgan fingerprint density at radius 2 is 2.14 bits per heavy atom. The fourth-order valence-corrected chi connectivity index (χ4v) is 4.31. The predicted molar refractivity (Wildman–Crippen MR) is 111 cm³/mol. The normalized spacial score (nSPS) is 16.3. The number of nitrogens with zero attached hydrogens (tertiary/aromatic N) is 5. The van der Waals surface area contributed by atoms with Gasteiger partial charge < -0.3 is 15.1 Å². The summed E-state index contributed by atoms with van der Waals surface area (Å²) in [5, 5.41) is 13.6. The lowest BCUT2D eigenvalue weighted by molar-refractivity contribution is 0.0953. The molecule has 29 heavy (non-hydrogen) atoms. The van der Waals surface area contributed by atoms with E-state index in [1.807, 2.05) is 26.8 Å². The Bertz CT molecular complexity index is 1010. The van der Waals surface area contributed by atoms with Gasteiger partial charge in [0.25, 0.3) is 5.91 Å². The van der Waals surface area contributed by atoms with Crippen LogP contribution in [0.25, 0.3) is 5.65 Å². The summed E-state index contributed by atoms with van der Waals surface area (Å²) in [5.41, 5.74) is 1.27. The van der Waals surface area contributed by atoms with Crippen molar-refractivity contribution in [3.63, 3.8) is 0 Å². The monoisotopic (exact) mass is 412 g/mol. The van der Waals surface area contributed by atoms with Gasteiger partial charge >= 0.3 is 6.03 Å². The topological polar surface area (TPSA) is 82.8 Å². The number of amides is 3. The highest BCUT2D eigenvalue weighted by Gasteiger charge is 2.31. The molecule has 1 aliphatic heterocycles. The van der Waals surface area contributed by atoms with Crippen molar-refractivity contribution in [2.75, 3.05) is 33.7 Å². The van der Waals surface area contributed by atoms with E-state index in [1.165, 1.54) is 4.88 Å². The van der Waals surface area contributed by atoms with E-state index in [0.29, 0.717) is 30.8 Å². The third-order valence-corrected chi connectivity index (χ3v) is 6.07. The fourth-order valence-electron chi connectivity index (χ4n) is 3.60. The van der Waals surface area contributed by atoms with Crippen LogP contribution in [0.4, 0.5) is 4.79 Å². The van der Waals surface area contributed by atoms with Crippen LogP contribution >= 0.6 is 11.3 Å². The standard InChI is InChI=1S/C20H24N6O2S/c1-24(2)20(28)25-10-8-14(12-25)18-23-22-17-6-5-15(13-26(17)18)19(27)21-9-7-16-4-3-11-29-16/h3-6,11,13-14H,7-10,12H2,1-2H3,(H,21,27). The molecule has 1 saturated heterocycles. The van der Waals surface area contributed by atoms with Crippen LogP contribution in [0.2, 0.25) is 0 Å². The molecule has 9 heteroatoms. The van der Waals surface area contributed by atoms with Gasteiger partial charge in [-0.05, 0) is 36.4 Å². The highest BCUT2D eigenvalue weighted by molar-refractivity contribution is 7.09. The van der Waals surface area contributed by atoms with Gasteiger partial charge in [0.1, 0.15) is 5.82 Å². The summed E-state index contributed by atoms with van der Waals surface area (Å²) in [5.74, 6) is 0.785. The van der Waals surface area contributed by atoms with E-state index in [-0.39, 0.29) is 17.9 Å². The maximum atomic E-state index is 12.6. The molecule has 0 radical (unpaired) electrons. The fraction of sp³-hybridized carbons (Fsp3) is 0.400. The Labute approximate surface area is 173 Å². The molecule has 1 atom stereocenters. The van der Waals surface area contributed by atoms with E-state index in [0.717, 1.165) is 18.7 Å². The summed E-state index contributed by atoms with van der Waals surface area (Å²) in [6.45, 7) is 1.89. The molecule has 3 aromatic rings. The van der Waals surface area contributed by atoms with E-state index in [2.05, 4.69) is 21.6 Å². The van der Waals surface area contributed by atoms with Crippen LogP contribution in [0.5, 0.6) is 0 Å². The maximum absolute atomic E-state index is 12.6. The second kappa shape index (κ2) is 8.20. The van der Waals surface area contributed by atoms with E-state index in [4.69, 9.17) is 0 Å². The number of rotatable bonds is 5. The highest BCUT2D eigenvalue weighted by atomic mass is 32.1. The zero-order valence-corrected chi connectivity index (χ0v) is 17.4. The Hall–Kier alpha value is -2.94. The quantitative estimate of drug-likeness (QED) is 0.697. The lowest BCUT2D eigenvalue weighted by Crippen LogP contribution is -2.37. The first-order chi connectivity index (χ1) is 14.0. The summed E-state index contributed by atoms with van der Waals surface area (Å²) in [7, 11) is 3.51. The number of pyridine rings is 1. The van der Waals surface area contributed by atoms with Gasteiger partial charge in [-0.3, -0.25) is 9.20 Å². The second-order valence-electron chi connectivity index (χ2n) is 7.40. The van der Waals surface area contributed by atoms with Gasteiger partial charge in [0.2, 0.25) is 0 Å². The van der Waals surface area contributed by atoms with E-state index in [9.17, 15) is 9.59 Å². The SMILES string of the molecule is CN(C)C(=O)N1CCC(c2nnc3ccc(C(=O)NCCc4cccs4)cn23)C1. The number of hydrogen-bond donors (Lipinski definition) is 1. The Morgan fingerprint density at radius 3 is 2.90 bits per heavy atom. The number of fused-ring (bicyclic) bond motifs is 1. The van der Waals surface area contributed by atoms with E-state index >= 15 is 0 Å².